The number of hydrogen-bond donors (Lipinski definition) is 1. The van der Waals surface area contributed by atoms with Crippen LogP contribution in [0.15, 0.2) is 54.7 Å². The Balaban J connectivity index is 2.29. The number of carboxylic acids is 1. The van der Waals surface area contributed by atoms with Crippen LogP contribution in [0.25, 0.3) is 21.9 Å². The number of rotatable bonds is 2. The highest BCUT2D eigenvalue weighted by Gasteiger charge is 2.08. The molecule has 0 atom stereocenters. The lowest BCUT2D eigenvalue weighted by Gasteiger charge is -2.07. The lowest BCUT2D eigenvalue weighted by molar-refractivity contribution is 0.0697. The Hall–Kier alpha value is -2.75. The average molecular weight is 267 g/mol. The van der Waals surface area contributed by atoms with Crippen LogP contribution in [0.2, 0.25) is 0 Å². The molecule has 3 rings (SSSR count). The molecule has 1 aromatic heterocycles. The second-order valence-electron chi connectivity index (χ2n) is 4.41. The minimum atomic E-state index is -0.984. The third-order valence-corrected chi connectivity index (χ3v) is 3.17. The lowest BCUT2D eigenvalue weighted by atomic mass is 9.97. The molecular weight excluding hydrogens is 257 g/mol. The number of benzene rings is 2. The topological polar surface area (TPSA) is 50.2 Å². The Kier molecular flexibility index (Phi) is 2.91. The Morgan fingerprint density at radius 1 is 1.10 bits per heavy atom. The highest BCUT2D eigenvalue weighted by Crippen LogP contribution is 2.29. The van der Waals surface area contributed by atoms with Crippen molar-refractivity contribution in [2.75, 3.05) is 0 Å². The molecule has 0 fully saturated rings. The first kappa shape index (κ1) is 12.3. The van der Waals surface area contributed by atoms with E-state index in [0.717, 1.165) is 16.3 Å². The summed E-state index contributed by atoms with van der Waals surface area (Å²) in [6.45, 7) is 0. The number of pyridine rings is 1. The zero-order valence-electron chi connectivity index (χ0n) is 10.4. The van der Waals surface area contributed by atoms with Gasteiger partial charge in [0.2, 0.25) is 5.95 Å². The van der Waals surface area contributed by atoms with Crippen molar-refractivity contribution in [3.63, 3.8) is 0 Å². The maximum absolute atomic E-state index is 13.3. The third kappa shape index (κ3) is 2.12. The van der Waals surface area contributed by atoms with E-state index in [4.69, 9.17) is 5.11 Å². The van der Waals surface area contributed by atoms with E-state index in [0.29, 0.717) is 5.56 Å². The smallest absolute Gasteiger partial charge is 0.335 e. The third-order valence-electron chi connectivity index (χ3n) is 3.17. The predicted octanol–water partition coefficient (Wildman–Crippen LogP) is 3.74. The van der Waals surface area contributed by atoms with E-state index in [1.54, 1.807) is 24.3 Å². The molecule has 98 valence electrons. The summed E-state index contributed by atoms with van der Waals surface area (Å²) in [6.07, 6.45) is 1.39. The summed E-state index contributed by atoms with van der Waals surface area (Å²) in [5.41, 5.74) is 1.66. The largest absolute Gasteiger partial charge is 0.478 e. The Morgan fingerprint density at radius 2 is 1.95 bits per heavy atom. The van der Waals surface area contributed by atoms with E-state index in [-0.39, 0.29) is 5.56 Å². The second kappa shape index (κ2) is 4.74. The molecule has 0 aliphatic carbocycles. The first-order valence-electron chi connectivity index (χ1n) is 6.03. The fourth-order valence-corrected chi connectivity index (χ4v) is 2.23. The summed E-state index contributed by atoms with van der Waals surface area (Å²) < 4.78 is 13.3. The van der Waals surface area contributed by atoms with Crippen molar-refractivity contribution in [3.8, 4) is 11.1 Å². The van der Waals surface area contributed by atoms with Gasteiger partial charge in [-0.3, -0.25) is 0 Å². The van der Waals surface area contributed by atoms with E-state index in [1.807, 2.05) is 18.2 Å². The van der Waals surface area contributed by atoms with Crippen LogP contribution >= 0.6 is 0 Å². The van der Waals surface area contributed by atoms with Gasteiger partial charge in [0.1, 0.15) is 0 Å². The number of halogens is 1. The van der Waals surface area contributed by atoms with Gasteiger partial charge in [0.15, 0.2) is 0 Å². The summed E-state index contributed by atoms with van der Waals surface area (Å²) in [5, 5.41) is 10.8. The zero-order chi connectivity index (χ0) is 14.1. The van der Waals surface area contributed by atoms with Gasteiger partial charge in [-0.2, -0.15) is 4.39 Å². The number of carboxylic acid groups (broad SMARTS) is 1. The van der Waals surface area contributed by atoms with E-state index < -0.39 is 11.9 Å². The molecule has 3 nitrogen and oxygen atoms in total. The molecule has 0 amide bonds. The fraction of sp³-hybridized carbons (Fsp3) is 0. The van der Waals surface area contributed by atoms with Gasteiger partial charge in [-0.05, 0) is 40.1 Å². The van der Waals surface area contributed by atoms with Crippen molar-refractivity contribution >= 4 is 16.7 Å². The molecule has 0 spiro atoms. The van der Waals surface area contributed by atoms with Crippen LogP contribution in [0, 0.1) is 5.95 Å². The maximum atomic E-state index is 13.3. The molecular formula is C16H10FNO2. The molecule has 0 bridgehead atoms. The first-order chi connectivity index (χ1) is 9.65. The van der Waals surface area contributed by atoms with Gasteiger partial charge in [0.05, 0.1) is 5.56 Å². The Morgan fingerprint density at radius 3 is 2.70 bits per heavy atom. The van der Waals surface area contributed by atoms with Crippen molar-refractivity contribution in [3.05, 3.63) is 66.2 Å². The molecule has 2 aromatic carbocycles. The second-order valence-corrected chi connectivity index (χ2v) is 4.41. The lowest BCUT2D eigenvalue weighted by Crippen LogP contribution is -1.95. The van der Waals surface area contributed by atoms with E-state index in [2.05, 4.69) is 4.98 Å². The highest BCUT2D eigenvalue weighted by molar-refractivity contribution is 6.01. The van der Waals surface area contributed by atoms with Crippen molar-refractivity contribution in [1.29, 1.82) is 0 Å². The van der Waals surface area contributed by atoms with E-state index >= 15 is 0 Å². The molecule has 1 N–H and O–H groups in total. The Labute approximate surface area is 114 Å². The van der Waals surface area contributed by atoms with Crippen LogP contribution in [0.3, 0.4) is 0 Å². The van der Waals surface area contributed by atoms with Gasteiger partial charge in [-0.1, -0.05) is 24.3 Å². The molecule has 0 aliphatic rings. The van der Waals surface area contributed by atoms with Crippen LogP contribution in [0.4, 0.5) is 4.39 Å². The molecule has 20 heavy (non-hydrogen) atoms. The number of aromatic nitrogens is 1. The number of fused-ring (bicyclic) bond motifs is 1. The van der Waals surface area contributed by atoms with E-state index in [9.17, 15) is 9.18 Å². The van der Waals surface area contributed by atoms with Gasteiger partial charge in [-0.15, -0.1) is 0 Å². The van der Waals surface area contributed by atoms with Crippen molar-refractivity contribution in [1.82, 2.24) is 4.98 Å². The van der Waals surface area contributed by atoms with Crippen LogP contribution < -0.4 is 0 Å². The molecule has 3 aromatic rings. The number of aromatic carboxylic acids is 1. The summed E-state index contributed by atoms with van der Waals surface area (Å²) >= 11 is 0. The fourth-order valence-electron chi connectivity index (χ4n) is 2.23. The average Bonchev–Trinajstić information content (AvgIpc) is 2.46. The normalized spacial score (nSPS) is 10.7. The van der Waals surface area contributed by atoms with Gasteiger partial charge < -0.3 is 5.11 Å². The van der Waals surface area contributed by atoms with Gasteiger partial charge in [0.25, 0.3) is 0 Å². The summed E-state index contributed by atoms with van der Waals surface area (Å²) in [5.74, 6) is -1.54. The molecule has 1 heterocycles. The summed E-state index contributed by atoms with van der Waals surface area (Å²) in [6, 6.07) is 13.5. The SMILES string of the molecule is O=C(O)c1ccc2cccc(-c3ccnc(F)c3)c2c1. The quantitative estimate of drug-likeness (QED) is 0.719. The predicted molar refractivity (Wildman–Crippen MR) is 74.1 cm³/mol. The van der Waals surface area contributed by atoms with Gasteiger partial charge in [0, 0.05) is 12.3 Å². The zero-order valence-corrected chi connectivity index (χ0v) is 10.4. The van der Waals surface area contributed by atoms with Crippen molar-refractivity contribution < 1.29 is 14.3 Å². The maximum Gasteiger partial charge on any atom is 0.335 e. The highest BCUT2D eigenvalue weighted by atomic mass is 19.1. The molecule has 4 heteroatoms. The van der Waals surface area contributed by atoms with Crippen LogP contribution in [-0.2, 0) is 0 Å². The summed E-state index contributed by atoms with van der Waals surface area (Å²) in [4.78, 5) is 14.6. The van der Waals surface area contributed by atoms with Crippen molar-refractivity contribution in [2.24, 2.45) is 0 Å². The Bertz CT molecular complexity index is 814. The minimum absolute atomic E-state index is 0.208. The number of nitrogens with zero attached hydrogens (tertiary/aromatic N) is 1. The summed E-state index contributed by atoms with van der Waals surface area (Å²) in [7, 11) is 0. The van der Waals surface area contributed by atoms with Crippen molar-refractivity contribution in [2.45, 2.75) is 0 Å². The molecule has 0 unspecified atom stereocenters. The monoisotopic (exact) mass is 267 g/mol. The van der Waals surface area contributed by atoms with Crippen LogP contribution in [0.5, 0.6) is 0 Å². The molecule has 0 saturated heterocycles. The molecule has 0 saturated carbocycles. The van der Waals surface area contributed by atoms with Crippen LogP contribution in [-0.4, -0.2) is 16.1 Å². The number of carbonyl (C=O) groups is 1. The van der Waals surface area contributed by atoms with Gasteiger partial charge in [-0.25, -0.2) is 9.78 Å². The first-order valence-corrected chi connectivity index (χ1v) is 6.03. The van der Waals surface area contributed by atoms with Gasteiger partial charge >= 0.3 is 5.97 Å². The minimum Gasteiger partial charge on any atom is -0.478 e. The molecule has 0 radical (unpaired) electrons. The molecule has 0 aliphatic heterocycles. The van der Waals surface area contributed by atoms with E-state index in [1.165, 1.54) is 12.3 Å². The number of hydrogen-bond acceptors (Lipinski definition) is 2. The standard InChI is InChI=1S/C16H10FNO2/c17-15-9-11(6-7-18-15)13-3-1-2-10-4-5-12(16(19)20)8-14(10)13/h1-9H,(H,19,20). The van der Waals surface area contributed by atoms with Crippen LogP contribution in [0.1, 0.15) is 10.4 Å².